The summed E-state index contributed by atoms with van der Waals surface area (Å²) in [5.41, 5.74) is 0. The van der Waals surface area contributed by atoms with Gasteiger partial charge in [-0.05, 0) is 12.8 Å². The van der Waals surface area contributed by atoms with Crippen LogP contribution in [0.1, 0.15) is 51.4 Å². The lowest BCUT2D eigenvalue weighted by molar-refractivity contribution is -0.138. The van der Waals surface area contributed by atoms with Gasteiger partial charge in [0, 0.05) is 31.7 Å². The average Bonchev–Trinajstić information content (AvgIpc) is 2.67. The minimum atomic E-state index is -0.0329. The van der Waals surface area contributed by atoms with Crippen LogP contribution in [0.3, 0.4) is 0 Å². The average molecular weight is 233 g/mol. The molecule has 2 rings (SSSR count). The summed E-state index contributed by atoms with van der Waals surface area (Å²) in [4.78, 5) is 24.0. The molecule has 1 saturated carbocycles. The molecular formula is C14H19NO2. The van der Waals surface area contributed by atoms with Gasteiger partial charge in [-0.2, -0.15) is 0 Å². The first kappa shape index (κ1) is 12.2. The van der Waals surface area contributed by atoms with Gasteiger partial charge in [0.05, 0.1) is 0 Å². The number of nitrogens with zero attached hydrogens (tertiary/aromatic N) is 1. The number of hydrogen-bond donors (Lipinski definition) is 0. The molecule has 1 aliphatic carbocycles. The number of likely N-dealkylation sites (tertiary alicyclic amines) is 1. The molecule has 2 aliphatic rings. The Bertz CT molecular complexity index is 342. The molecule has 0 aromatic carbocycles. The molecule has 92 valence electrons. The summed E-state index contributed by atoms with van der Waals surface area (Å²) in [6, 6.07) is 0. The number of carbonyl (C=O) groups excluding carboxylic acids is 2. The lowest BCUT2D eigenvalue weighted by Crippen LogP contribution is -2.29. The van der Waals surface area contributed by atoms with Gasteiger partial charge in [-0.1, -0.05) is 25.2 Å². The van der Waals surface area contributed by atoms with Crippen molar-refractivity contribution in [3.8, 4) is 11.8 Å². The summed E-state index contributed by atoms with van der Waals surface area (Å²) >= 11 is 0. The van der Waals surface area contributed by atoms with Crippen molar-refractivity contribution < 1.29 is 9.59 Å². The molecule has 17 heavy (non-hydrogen) atoms. The molecule has 2 amide bonds. The monoisotopic (exact) mass is 233 g/mol. The normalized spacial score (nSPS) is 21.5. The summed E-state index contributed by atoms with van der Waals surface area (Å²) in [5, 5.41) is 0. The molecule has 0 spiro atoms. The van der Waals surface area contributed by atoms with E-state index in [-0.39, 0.29) is 11.8 Å². The maximum Gasteiger partial charge on any atom is 0.229 e. The molecule has 0 aromatic rings. The standard InChI is InChI=1S/C14H19NO2/c16-13-9-10-14(17)15(13)11-5-4-8-12-6-2-1-3-7-12/h12H,1-3,5-7,9-11H2. The first-order valence-electron chi connectivity index (χ1n) is 6.59. The van der Waals surface area contributed by atoms with Crippen LogP contribution in [-0.4, -0.2) is 23.3 Å². The predicted molar refractivity (Wildman–Crippen MR) is 64.9 cm³/mol. The highest BCUT2D eigenvalue weighted by Crippen LogP contribution is 2.22. The van der Waals surface area contributed by atoms with Gasteiger partial charge in [-0.25, -0.2) is 0 Å². The van der Waals surface area contributed by atoms with Crippen molar-refractivity contribution >= 4 is 11.8 Å². The van der Waals surface area contributed by atoms with Crippen LogP contribution < -0.4 is 0 Å². The van der Waals surface area contributed by atoms with E-state index in [1.807, 2.05) is 0 Å². The quantitative estimate of drug-likeness (QED) is 0.541. The van der Waals surface area contributed by atoms with E-state index in [1.165, 1.54) is 37.0 Å². The van der Waals surface area contributed by atoms with Gasteiger partial charge in [-0.3, -0.25) is 14.5 Å². The fourth-order valence-corrected chi connectivity index (χ4v) is 2.50. The third-order valence-electron chi connectivity index (χ3n) is 3.53. The zero-order valence-electron chi connectivity index (χ0n) is 10.2. The summed E-state index contributed by atoms with van der Waals surface area (Å²) in [5.74, 6) is 6.89. The Labute approximate surface area is 103 Å². The molecule has 1 saturated heterocycles. The van der Waals surface area contributed by atoms with E-state index < -0.39 is 0 Å². The van der Waals surface area contributed by atoms with Crippen molar-refractivity contribution in [2.75, 3.05) is 6.54 Å². The Morgan fingerprint density at radius 1 is 1.06 bits per heavy atom. The van der Waals surface area contributed by atoms with Crippen LogP contribution in [0, 0.1) is 17.8 Å². The molecule has 1 aliphatic heterocycles. The summed E-state index contributed by atoms with van der Waals surface area (Å²) < 4.78 is 0. The van der Waals surface area contributed by atoms with Crippen LogP contribution in [0.15, 0.2) is 0 Å². The van der Waals surface area contributed by atoms with Gasteiger partial charge >= 0.3 is 0 Å². The van der Waals surface area contributed by atoms with E-state index in [0.29, 0.717) is 31.7 Å². The number of rotatable bonds is 2. The minimum Gasteiger partial charge on any atom is -0.282 e. The Hall–Kier alpha value is -1.30. The molecule has 0 unspecified atom stereocenters. The van der Waals surface area contributed by atoms with E-state index in [9.17, 15) is 9.59 Å². The number of carbonyl (C=O) groups is 2. The van der Waals surface area contributed by atoms with Crippen molar-refractivity contribution in [1.29, 1.82) is 0 Å². The third kappa shape index (κ3) is 3.33. The molecular weight excluding hydrogens is 214 g/mol. The van der Waals surface area contributed by atoms with Crippen LogP contribution in [-0.2, 0) is 9.59 Å². The number of hydrogen-bond acceptors (Lipinski definition) is 2. The molecule has 0 aromatic heterocycles. The topological polar surface area (TPSA) is 37.4 Å². The smallest absolute Gasteiger partial charge is 0.229 e. The predicted octanol–water partition coefficient (Wildman–Crippen LogP) is 2.11. The molecule has 3 heteroatoms. The Balaban J connectivity index is 1.73. The van der Waals surface area contributed by atoms with Gasteiger partial charge in [0.15, 0.2) is 0 Å². The highest BCUT2D eigenvalue weighted by Gasteiger charge is 2.27. The van der Waals surface area contributed by atoms with Gasteiger partial charge < -0.3 is 0 Å². The van der Waals surface area contributed by atoms with Gasteiger partial charge in [-0.15, -0.1) is 5.92 Å². The first-order chi connectivity index (χ1) is 8.27. The fourth-order valence-electron chi connectivity index (χ4n) is 2.50. The number of amides is 2. The van der Waals surface area contributed by atoms with Crippen LogP contribution >= 0.6 is 0 Å². The van der Waals surface area contributed by atoms with Crippen molar-refractivity contribution in [1.82, 2.24) is 4.90 Å². The van der Waals surface area contributed by atoms with Crippen LogP contribution in [0.25, 0.3) is 0 Å². The molecule has 3 nitrogen and oxygen atoms in total. The van der Waals surface area contributed by atoms with Crippen molar-refractivity contribution in [2.24, 2.45) is 5.92 Å². The fraction of sp³-hybridized carbons (Fsp3) is 0.714. The largest absolute Gasteiger partial charge is 0.282 e. The Morgan fingerprint density at radius 2 is 1.71 bits per heavy atom. The summed E-state index contributed by atoms with van der Waals surface area (Å²) in [6.07, 6.45) is 7.76. The van der Waals surface area contributed by atoms with Crippen LogP contribution in [0.4, 0.5) is 0 Å². The van der Waals surface area contributed by atoms with Gasteiger partial charge in [0.1, 0.15) is 0 Å². The molecule has 2 fully saturated rings. The second-order valence-electron chi connectivity index (χ2n) is 4.85. The molecule has 1 heterocycles. The molecule has 0 bridgehead atoms. The number of imide groups is 1. The van der Waals surface area contributed by atoms with E-state index in [1.54, 1.807) is 0 Å². The second kappa shape index (κ2) is 5.86. The molecule has 0 radical (unpaired) electrons. The van der Waals surface area contributed by atoms with Crippen molar-refractivity contribution in [3.63, 3.8) is 0 Å². The van der Waals surface area contributed by atoms with Gasteiger partial charge in [0.25, 0.3) is 0 Å². The molecule has 0 N–H and O–H groups in total. The van der Waals surface area contributed by atoms with Crippen molar-refractivity contribution in [2.45, 2.75) is 51.4 Å². The lowest BCUT2D eigenvalue weighted by Gasteiger charge is -2.15. The van der Waals surface area contributed by atoms with E-state index in [2.05, 4.69) is 11.8 Å². The first-order valence-corrected chi connectivity index (χ1v) is 6.59. The summed E-state index contributed by atoms with van der Waals surface area (Å²) in [6.45, 7) is 0.484. The Kier molecular flexibility index (Phi) is 4.19. The highest BCUT2D eigenvalue weighted by molar-refractivity contribution is 6.01. The maximum absolute atomic E-state index is 11.3. The second-order valence-corrected chi connectivity index (χ2v) is 4.85. The maximum atomic E-state index is 11.3. The van der Waals surface area contributed by atoms with E-state index in [0.717, 1.165) is 0 Å². The SMILES string of the molecule is O=C1CCC(=O)N1CCC#CC1CCCCC1. The zero-order chi connectivity index (χ0) is 12.1. The third-order valence-corrected chi connectivity index (χ3v) is 3.53. The van der Waals surface area contributed by atoms with Crippen LogP contribution in [0.2, 0.25) is 0 Å². The highest BCUT2D eigenvalue weighted by atomic mass is 16.2. The zero-order valence-corrected chi connectivity index (χ0v) is 10.2. The van der Waals surface area contributed by atoms with Gasteiger partial charge in [0.2, 0.25) is 11.8 Å². The molecule has 0 atom stereocenters. The summed E-state index contributed by atoms with van der Waals surface area (Å²) in [7, 11) is 0. The van der Waals surface area contributed by atoms with Crippen molar-refractivity contribution in [3.05, 3.63) is 0 Å². The van der Waals surface area contributed by atoms with E-state index >= 15 is 0 Å². The Morgan fingerprint density at radius 3 is 2.35 bits per heavy atom. The minimum absolute atomic E-state index is 0.0329. The van der Waals surface area contributed by atoms with E-state index in [4.69, 9.17) is 0 Å². The van der Waals surface area contributed by atoms with Crippen LogP contribution in [0.5, 0.6) is 0 Å². The lowest BCUT2D eigenvalue weighted by atomic mass is 9.90.